The molecular formula is C29H46O2. The Bertz CT molecular complexity index is 811. The number of hydrogen-bond donors (Lipinski definition) is 1. The van der Waals surface area contributed by atoms with Crippen molar-refractivity contribution >= 4 is 0 Å². The summed E-state index contributed by atoms with van der Waals surface area (Å²) in [6.45, 7) is 17.4. The number of fused-ring (bicyclic) bond motifs is 1. The standard InChI is InChI=1S/C29H46O2/c1-20(2)12-9-13-21(3)14-10-15-22(4)16-11-18-29(8)19-17-26-25(7)27(30)23(5)24(6)28(26)31-29/h12,14,22,30H,9-11,13,15-19H2,1-8H3/b21-14+. The Hall–Kier alpha value is -1.70. The van der Waals surface area contributed by atoms with Crippen LogP contribution in [0.15, 0.2) is 23.3 Å². The number of ether oxygens (including phenoxy) is 1. The van der Waals surface area contributed by atoms with Gasteiger partial charge in [0.15, 0.2) is 0 Å². The van der Waals surface area contributed by atoms with Gasteiger partial charge in [-0.15, -0.1) is 0 Å². The van der Waals surface area contributed by atoms with Crippen molar-refractivity contribution in [1.29, 1.82) is 0 Å². The van der Waals surface area contributed by atoms with Gasteiger partial charge < -0.3 is 9.84 Å². The van der Waals surface area contributed by atoms with E-state index < -0.39 is 0 Å². The summed E-state index contributed by atoms with van der Waals surface area (Å²) < 4.78 is 6.59. The van der Waals surface area contributed by atoms with Gasteiger partial charge in [-0.25, -0.2) is 0 Å². The summed E-state index contributed by atoms with van der Waals surface area (Å²) in [4.78, 5) is 0. The number of phenols is 1. The third-order valence-electron chi connectivity index (χ3n) is 7.24. The second kappa shape index (κ2) is 11.2. The Morgan fingerprint density at radius 3 is 2.42 bits per heavy atom. The molecule has 31 heavy (non-hydrogen) atoms. The smallest absolute Gasteiger partial charge is 0.127 e. The number of phenolic OH excluding ortho intramolecular Hbond substituents is 1. The molecule has 1 N–H and O–H groups in total. The summed E-state index contributed by atoms with van der Waals surface area (Å²) in [6, 6.07) is 0. The van der Waals surface area contributed by atoms with Gasteiger partial charge in [0.2, 0.25) is 0 Å². The summed E-state index contributed by atoms with van der Waals surface area (Å²) >= 11 is 0. The van der Waals surface area contributed by atoms with Crippen LogP contribution in [0.1, 0.15) is 108 Å². The summed E-state index contributed by atoms with van der Waals surface area (Å²) in [6.07, 6.45) is 15.2. The molecule has 2 rings (SSSR count). The normalized spacial score (nSPS) is 19.5. The maximum absolute atomic E-state index is 10.4. The molecule has 1 aromatic rings. The fourth-order valence-electron chi connectivity index (χ4n) is 4.74. The van der Waals surface area contributed by atoms with Gasteiger partial charge in [0.1, 0.15) is 17.1 Å². The quantitative estimate of drug-likeness (QED) is 0.379. The maximum atomic E-state index is 10.4. The molecule has 0 spiro atoms. The van der Waals surface area contributed by atoms with Gasteiger partial charge in [-0.1, -0.05) is 36.6 Å². The minimum Gasteiger partial charge on any atom is -0.507 e. The van der Waals surface area contributed by atoms with Crippen LogP contribution in [-0.4, -0.2) is 10.7 Å². The molecule has 174 valence electrons. The lowest BCUT2D eigenvalue weighted by atomic mass is 9.84. The second-order valence-electron chi connectivity index (χ2n) is 10.5. The van der Waals surface area contributed by atoms with E-state index in [-0.39, 0.29) is 5.60 Å². The van der Waals surface area contributed by atoms with Crippen molar-refractivity contribution in [2.75, 3.05) is 0 Å². The average molecular weight is 427 g/mol. The molecule has 2 atom stereocenters. The first-order valence-electron chi connectivity index (χ1n) is 12.3. The summed E-state index contributed by atoms with van der Waals surface area (Å²) in [5.41, 5.74) is 7.12. The van der Waals surface area contributed by atoms with Crippen LogP contribution >= 0.6 is 0 Å². The van der Waals surface area contributed by atoms with Crippen LogP contribution in [0.4, 0.5) is 0 Å². The van der Waals surface area contributed by atoms with E-state index in [0.717, 1.165) is 47.6 Å². The summed E-state index contributed by atoms with van der Waals surface area (Å²) in [7, 11) is 0. The van der Waals surface area contributed by atoms with Crippen LogP contribution < -0.4 is 4.74 Å². The fourth-order valence-corrected chi connectivity index (χ4v) is 4.74. The Labute approximate surface area is 191 Å². The van der Waals surface area contributed by atoms with Gasteiger partial charge in [0.05, 0.1) is 0 Å². The van der Waals surface area contributed by atoms with Gasteiger partial charge in [0, 0.05) is 5.56 Å². The van der Waals surface area contributed by atoms with Gasteiger partial charge in [0.25, 0.3) is 0 Å². The minimum atomic E-state index is -0.0885. The zero-order valence-corrected chi connectivity index (χ0v) is 21.5. The van der Waals surface area contributed by atoms with Crippen molar-refractivity contribution in [2.45, 2.75) is 119 Å². The zero-order valence-electron chi connectivity index (χ0n) is 21.5. The van der Waals surface area contributed by atoms with Crippen molar-refractivity contribution < 1.29 is 9.84 Å². The Kier molecular flexibility index (Phi) is 9.28. The van der Waals surface area contributed by atoms with Crippen LogP contribution in [0, 0.1) is 26.7 Å². The maximum Gasteiger partial charge on any atom is 0.127 e. The molecule has 2 nitrogen and oxygen atoms in total. The molecule has 0 amide bonds. The molecule has 2 heteroatoms. The van der Waals surface area contributed by atoms with E-state index in [1.165, 1.54) is 55.2 Å². The zero-order chi connectivity index (χ0) is 23.2. The summed E-state index contributed by atoms with van der Waals surface area (Å²) in [5.74, 6) is 2.23. The highest BCUT2D eigenvalue weighted by Gasteiger charge is 2.34. The predicted molar refractivity (Wildman–Crippen MR) is 134 cm³/mol. The first-order chi connectivity index (χ1) is 14.5. The monoisotopic (exact) mass is 426 g/mol. The molecule has 0 fully saturated rings. The van der Waals surface area contributed by atoms with Crippen molar-refractivity contribution in [3.63, 3.8) is 0 Å². The molecule has 0 bridgehead atoms. The van der Waals surface area contributed by atoms with Gasteiger partial charge in [-0.2, -0.15) is 0 Å². The highest BCUT2D eigenvalue weighted by atomic mass is 16.5. The lowest BCUT2D eigenvalue weighted by molar-refractivity contribution is 0.0512. The lowest BCUT2D eigenvalue weighted by Gasteiger charge is -2.38. The van der Waals surface area contributed by atoms with Crippen LogP contribution in [0.5, 0.6) is 11.5 Å². The molecule has 0 radical (unpaired) electrons. The second-order valence-corrected chi connectivity index (χ2v) is 10.5. The van der Waals surface area contributed by atoms with Crippen LogP contribution in [0.2, 0.25) is 0 Å². The number of rotatable bonds is 10. The molecule has 1 heterocycles. The van der Waals surface area contributed by atoms with E-state index >= 15 is 0 Å². The van der Waals surface area contributed by atoms with Crippen molar-refractivity contribution in [2.24, 2.45) is 5.92 Å². The van der Waals surface area contributed by atoms with Crippen molar-refractivity contribution in [3.8, 4) is 11.5 Å². The minimum absolute atomic E-state index is 0.0885. The molecule has 2 unspecified atom stereocenters. The number of benzene rings is 1. The molecule has 1 aliphatic heterocycles. The molecule has 0 saturated carbocycles. The van der Waals surface area contributed by atoms with Crippen molar-refractivity contribution in [3.05, 3.63) is 45.6 Å². The molecule has 1 aromatic carbocycles. The summed E-state index contributed by atoms with van der Waals surface area (Å²) in [5, 5.41) is 10.4. The fraction of sp³-hybridized carbons (Fsp3) is 0.655. The number of aromatic hydroxyl groups is 1. The van der Waals surface area contributed by atoms with Gasteiger partial charge >= 0.3 is 0 Å². The van der Waals surface area contributed by atoms with E-state index in [0.29, 0.717) is 5.75 Å². The van der Waals surface area contributed by atoms with Crippen LogP contribution in [-0.2, 0) is 6.42 Å². The van der Waals surface area contributed by atoms with Crippen molar-refractivity contribution in [1.82, 2.24) is 0 Å². The van der Waals surface area contributed by atoms with Crippen LogP contribution in [0.25, 0.3) is 0 Å². The Morgan fingerprint density at radius 2 is 1.74 bits per heavy atom. The van der Waals surface area contributed by atoms with Crippen LogP contribution in [0.3, 0.4) is 0 Å². The van der Waals surface area contributed by atoms with E-state index in [9.17, 15) is 5.11 Å². The first kappa shape index (κ1) is 25.6. The first-order valence-corrected chi connectivity index (χ1v) is 12.3. The highest BCUT2D eigenvalue weighted by Crippen LogP contribution is 2.44. The third kappa shape index (κ3) is 7.16. The lowest BCUT2D eigenvalue weighted by Crippen LogP contribution is -2.37. The van der Waals surface area contributed by atoms with E-state index in [1.807, 2.05) is 13.8 Å². The Morgan fingerprint density at radius 1 is 1.03 bits per heavy atom. The van der Waals surface area contributed by atoms with Gasteiger partial charge in [-0.05, 0) is 122 Å². The van der Waals surface area contributed by atoms with E-state index in [4.69, 9.17) is 4.74 Å². The molecule has 1 aliphatic rings. The molecular weight excluding hydrogens is 380 g/mol. The number of allylic oxidation sites excluding steroid dienone is 4. The molecule has 0 aliphatic carbocycles. The third-order valence-corrected chi connectivity index (χ3v) is 7.24. The predicted octanol–water partition coefficient (Wildman–Crippen LogP) is 8.68. The number of hydrogen-bond acceptors (Lipinski definition) is 2. The topological polar surface area (TPSA) is 29.5 Å². The SMILES string of the molecule is CC(C)=CCC/C(C)=C/CCC(C)CCCC1(C)CCc2c(C)c(O)c(C)c(C)c2O1. The van der Waals surface area contributed by atoms with E-state index in [1.54, 1.807) is 0 Å². The van der Waals surface area contributed by atoms with Gasteiger partial charge in [-0.3, -0.25) is 0 Å². The largest absolute Gasteiger partial charge is 0.507 e. The Balaban J connectivity index is 1.80. The average Bonchev–Trinajstić information content (AvgIpc) is 2.70. The molecule has 0 saturated heterocycles. The molecule has 0 aromatic heterocycles. The highest BCUT2D eigenvalue weighted by molar-refractivity contribution is 5.58. The van der Waals surface area contributed by atoms with E-state index in [2.05, 4.69) is 53.7 Å².